The third-order valence-corrected chi connectivity index (χ3v) is 3.66. The van der Waals surface area contributed by atoms with Crippen molar-refractivity contribution in [1.82, 2.24) is 0 Å². The van der Waals surface area contributed by atoms with Crippen LogP contribution in [-0.4, -0.2) is 23.9 Å². The van der Waals surface area contributed by atoms with Crippen molar-refractivity contribution in [2.24, 2.45) is 5.92 Å². The summed E-state index contributed by atoms with van der Waals surface area (Å²) >= 11 is 0. The van der Waals surface area contributed by atoms with E-state index in [4.69, 9.17) is 4.74 Å². The molecule has 1 N–H and O–H groups in total. The van der Waals surface area contributed by atoms with Crippen LogP contribution >= 0.6 is 0 Å². The SMILES string of the molecule is OC1CCOC(CC2CCCCC2)C1. The lowest BCUT2D eigenvalue weighted by Gasteiger charge is -2.31. The van der Waals surface area contributed by atoms with Crippen LogP contribution in [0.2, 0.25) is 0 Å². The van der Waals surface area contributed by atoms with Crippen molar-refractivity contribution in [3.05, 3.63) is 0 Å². The van der Waals surface area contributed by atoms with Gasteiger partial charge in [0.2, 0.25) is 0 Å². The summed E-state index contributed by atoms with van der Waals surface area (Å²) in [4.78, 5) is 0. The van der Waals surface area contributed by atoms with Gasteiger partial charge in [0.25, 0.3) is 0 Å². The summed E-state index contributed by atoms with van der Waals surface area (Å²) in [6.45, 7) is 0.762. The van der Waals surface area contributed by atoms with E-state index in [-0.39, 0.29) is 6.10 Å². The summed E-state index contributed by atoms with van der Waals surface area (Å²) in [5.74, 6) is 0.874. The van der Waals surface area contributed by atoms with E-state index in [9.17, 15) is 5.11 Å². The quantitative estimate of drug-likeness (QED) is 0.738. The summed E-state index contributed by atoms with van der Waals surface area (Å²) in [5.41, 5.74) is 0. The molecule has 0 aromatic heterocycles. The normalized spacial score (nSPS) is 35.8. The predicted molar refractivity (Wildman–Crippen MR) is 56.2 cm³/mol. The van der Waals surface area contributed by atoms with E-state index in [0.717, 1.165) is 25.4 Å². The Bertz CT molecular complexity index is 164. The third-order valence-electron chi connectivity index (χ3n) is 3.66. The number of rotatable bonds is 2. The molecule has 2 heteroatoms. The lowest BCUT2D eigenvalue weighted by atomic mass is 9.84. The maximum atomic E-state index is 9.53. The number of aliphatic hydroxyl groups excluding tert-OH is 1. The van der Waals surface area contributed by atoms with E-state index in [1.165, 1.54) is 38.5 Å². The second-order valence-electron chi connectivity index (χ2n) is 4.91. The first-order valence-corrected chi connectivity index (χ1v) is 6.14. The molecule has 2 rings (SSSR count). The molecule has 1 saturated heterocycles. The van der Waals surface area contributed by atoms with Crippen LogP contribution in [0.1, 0.15) is 51.4 Å². The van der Waals surface area contributed by atoms with Gasteiger partial charge in [0, 0.05) is 6.61 Å². The molecule has 0 aromatic rings. The summed E-state index contributed by atoms with van der Waals surface area (Å²) in [6.07, 6.45) is 10.1. The minimum absolute atomic E-state index is 0.0997. The molecule has 1 heterocycles. The van der Waals surface area contributed by atoms with Crippen molar-refractivity contribution >= 4 is 0 Å². The lowest BCUT2D eigenvalue weighted by molar-refractivity contribution is -0.0542. The Hall–Kier alpha value is -0.0800. The van der Waals surface area contributed by atoms with Crippen LogP contribution in [0.5, 0.6) is 0 Å². The van der Waals surface area contributed by atoms with Gasteiger partial charge in [-0.15, -0.1) is 0 Å². The number of ether oxygens (including phenoxy) is 1. The number of hydrogen-bond donors (Lipinski definition) is 1. The van der Waals surface area contributed by atoms with Gasteiger partial charge in [-0.2, -0.15) is 0 Å². The molecule has 0 spiro atoms. The number of hydrogen-bond acceptors (Lipinski definition) is 2. The van der Waals surface area contributed by atoms with Gasteiger partial charge in [-0.1, -0.05) is 32.1 Å². The van der Waals surface area contributed by atoms with Gasteiger partial charge in [0.15, 0.2) is 0 Å². The molecule has 1 saturated carbocycles. The van der Waals surface area contributed by atoms with Crippen LogP contribution in [0.15, 0.2) is 0 Å². The van der Waals surface area contributed by atoms with Crippen molar-refractivity contribution < 1.29 is 9.84 Å². The predicted octanol–water partition coefficient (Wildman–Crippen LogP) is 2.50. The topological polar surface area (TPSA) is 29.5 Å². The molecule has 2 nitrogen and oxygen atoms in total. The van der Waals surface area contributed by atoms with E-state index >= 15 is 0 Å². The average Bonchev–Trinajstić information content (AvgIpc) is 2.19. The molecule has 2 fully saturated rings. The molecular weight excluding hydrogens is 176 g/mol. The minimum Gasteiger partial charge on any atom is -0.393 e. The number of aliphatic hydroxyl groups is 1. The average molecular weight is 198 g/mol. The first kappa shape index (κ1) is 10.4. The van der Waals surface area contributed by atoms with Crippen LogP contribution < -0.4 is 0 Å². The van der Waals surface area contributed by atoms with Crippen LogP contribution in [0.3, 0.4) is 0 Å². The molecule has 0 radical (unpaired) electrons. The van der Waals surface area contributed by atoms with E-state index < -0.39 is 0 Å². The molecule has 0 amide bonds. The van der Waals surface area contributed by atoms with Crippen molar-refractivity contribution in [1.29, 1.82) is 0 Å². The van der Waals surface area contributed by atoms with E-state index in [1.807, 2.05) is 0 Å². The molecule has 2 unspecified atom stereocenters. The van der Waals surface area contributed by atoms with Gasteiger partial charge >= 0.3 is 0 Å². The van der Waals surface area contributed by atoms with E-state index in [1.54, 1.807) is 0 Å². The van der Waals surface area contributed by atoms with Gasteiger partial charge < -0.3 is 9.84 Å². The second-order valence-corrected chi connectivity index (χ2v) is 4.91. The first-order chi connectivity index (χ1) is 6.84. The Morgan fingerprint density at radius 3 is 2.57 bits per heavy atom. The van der Waals surface area contributed by atoms with Crippen molar-refractivity contribution in [3.8, 4) is 0 Å². The highest BCUT2D eigenvalue weighted by Gasteiger charge is 2.24. The minimum atomic E-state index is -0.0997. The maximum Gasteiger partial charge on any atom is 0.0602 e. The molecule has 2 aliphatic rings. The van der Waals surface area contributed by atoms with Gasteiger partial charge in [-0.3, -0.25) is 0 Å². The van der Waals surface area contributed by atoms with Gasteiger partial charge in [-0.05, 0) is 25.2 Å². The Morgan fingerprint density at radius 2 is 1.86 bits per heavy atom. The second kappa shape index (κ2) is 5.13. The Balaban J connectivity index is 1.72. The first-order valence-electron chi connectivity index (χ1n) is 6.14. The molecule has 0 bridgehead atoms. The maximum absolute atomic E-state index is 9.53. The van der Waals surface area contributed by atoms with Gasteiger partial charge in [-0.25, -0.2) is 0 Å². The van der Waals surface area contributed by atoms with Crippen LogP contribution in [0.25, 0.3) is 0 Å². The highest BCUT2D eigenvalue weighted by atomic mass is 16.5. The zero-order valence-electron chi connectivity index (χ0n) is 8.95. The summed E-state index contributed by atoms with van der Waals surface area (Å²) in [6, 6.07) is 0. The highest BCUT2D eigenvalue weighted by Crippen LogP contribution is 2.30. The fourth-order valence-corrected chi connectivity index (χ4v) is 2.82. The fourth-order valence-electron chi connectivity index (χ4n) is 2.82. The fraction of sp³-hybridized carbons (Fsp3) is 1.00. The Morgan fingerprint density at radius 1 is 1.07 bits per heavy atom. The van der Waals surface area contributed by atoms with Gasteiger partial charge in [0.1, 0.15) is 0 Å². The van der Waals surface area contributed by atoms with E-state index in [2.05, 4.69) is 0 Å². The molecule has 1 aliphatic carbocycles. The van der Waals surface area contributed by atoms with Crippen molar-refractivity contribution in [2.45, 2.75) is 63.6 Å². The Labute approximate surface area is 86.6 Å². The van der Waals surface area contributed by atoms with Gasteiger partial charge in [0.05, 0.1) is 12.2 Å². The summed E-state index contributed by atoms with van der Waals surface area (Å²) in [7, 11) is 0. The largest absolute Gasteiger partial charge is 0.393 e. The zero-order valence-corrected chi connectivity index (χ0v) is 8.95. The zero-order chi connectivity index (χ0) is 9.80. The molecule has 0 aromatic carbocycles. The Kier molecular flexibility index (Phi) is 3.82. The van der Waals surface area contributed by atoms with E-state index in [0.29, 0.717) is 6.10 Å². The monoisotopic (exact) mass is 198 g/mol. The molecule has 1 aliphatic heterocycles. The molecule has 82 valence electrons. The van der Waals surface area contributed by atoms with Crippen LogP contribution in [0, 0.1) is 5.92 Å². The molecule has 2 atom stereocenters. The summed E-state index contributed by atoms with van der Waals surface area (Å²) < 4.78 is 5.69. The summed E-state index contributed by atoms with van der Waals surface area (Å²) in [5, 5.41) is 9.53. The highest BCUT2D eigenvalue weighted by molar-refractivity contribution is 4.75. The van der Waals surface area contributed by atoms with Crippen LogP contribution in [0.4, 0.5) is 0 Å². The smallest absolute Gasteiger partial charge is 0.0602 e. The van der Waals surface area contributed by atoms with Crippen molar-refractivity contribution in [2.75, 3.05) is 6.61 Å². The molecule has 14 heavy (non-hydrogen) atoms. The standard InChI is InChI=1S/C12H22O2/c13-11-6-7-14-12(9-11)8-10-4-2-1-3-5-10/h10-13H,1-9H2. The molecular formula is C12H22O2. The third kappa shape index (κ3) is 2.96. The lowest BCUT2D eigenvalue weighted by Crippen LogP contribution is -2.30. The van der Waals surface area contributed by atoms with Crippen molar-refractivity contribution in [3.63, 3.8) is 0 Å². The van der Waals surface area contributed by atoms with Crippen LogP contribution in [-0.2, 0) is 4.74 Å².